The number of amides is 1. The first-order chi connectivity index (χ1) is 11.4. The molecule has 6 nitrogen and oxygen atoms in total. The van der Waals surface area contributed by atoms with E-state index in [-0.39, 0.29) is 11.6 Å². The van der Waals surface area contributed by atoms with E-state index >= 15 is 0 Å². The number of carbonyl (C=O) groups is 2. The van der Waals surface area contributed by atoms with Crippen molar-refractivity contribution in [3.05, 3.63) is 30.0 Å². The first-order valence-electron chi connectivity index (χ1n) is 7.11. The highest BCUT2D eigenvalue weighted by Crippen LogP contribution is 2.31. The molecule has 2 N–H and O–H groups in total. The number of aryl methyl sites for hydroxylation is 1. The summed E-state index contributed by atoms with van der Waals surface area (Å²) in [6.45, 7) is 1.87. The van der Waals surface area contributed by atoms with E-state index in [9.17, 15) is 14.7 Å². The topological polar surface area (TPSA) is 88.5 Å². The zero-order valence-corrected chi connectivity index (χ0v) is 14.8. The highest BCUT2D eigenvalue weighted by Gasteiger charge is 2.20. The van der Waals surface area contributed by atoms with Crippen molar-refractivity contribution >= 4 is 46.1 Å². The maximum atomic E-state index is 11.3. The second-order valence-electron chi connectivity index (χ2n) is 5.05. The number of pyridine rings is 1. The van der Waals surface area contributed by atoms with Gasteiger partial charge >= 0.3 is 5.97 Å². The van der Waals surface area contributed by atoms with Gasteiger partial charge in [0, 0.05) is 21.7 Å². The Balaban J connectivity index is 2.27. The predicted molar refractivity (Wildman–Crippen MR) is 94.0 cm³/mol. The molecular formula is C16H17ClN2O4S. The van der Waals surface area contributed by atoms with Gasteiger partial charge < -0.3 is 15.2 Å². The molecule has 8 heteroatoms. The van der Waals surface area contributed by atoms with Crippen LogP contribution in [0.15, 0.2) is 29.2 Å². The van der Waals surface area contributed by atoms with Crippen LogP contribution >= 0.6 is 23.4 Å². The average Bonchev–Trinajstić information content (AvgIpc) is 2.57. The number of nitrogens with zero attached hydrogens (tertiary/aromatic N) is 1. The Hall–Kier alpha value is -1.99. The van der Waals surface area contributed by atoms with E-state index in [2.05, 4.69) is 10.3 Å². The fourth-order valence-electron chi connectivity index (χ4n) is 2.13. The van der Waals surface area contributed by atoms with Gasteiger partial charge in [0.15, 0.2) is 0 Å². The van der Waals surface area contributed by atoms with Crippen molar-refractivity contribution in [1.29, 1.82) is 0 Å². The highest BCUT2D eigenvalue weighted by atomic mass is 35.5. The molecule has 1 aromatic heterocycles. The third-order valence-corrected chi connectivity index (χ3v) is 4.66. The maximum absolute atomic E-state index is 11.3. The number of rotatable bonds is 7. The SMILES string of the molecule is COc1ccc2nc(C)cc(SCC(NC(=O)CCl)C(=O)O)c2c1. The summed E-state index contributed by atoms with van der Waals surface area (Å²) in [5.74, 6) is -1.02. The molecule has 0 fully saturated rings. The zero-order chi connectivity index (χ0) is 17.7. The largest absolute Gasteiger partial charge is 0.497 e. The lowest BCUT2D eigenvalue weighted by Crippen LogP contribution is -2.43. The summed E-state index contributed by atoms with van der Waals surface area (Å²) in [6.07, 6.45) is 0. The van der Waals surface area contributed by atoms with Crippen LogP contribution in [0.3, 0.4) is 0 Å². The van der Waals surface area contributed by atoms with Gasteiger partial charge in [0.05, 0.1) is 12.6 Å². The molecule has 2 aromatic rings. The van der Waals surface area contributed by atoms with Crippen LogP contribution in [-0.4, -0.2) is 46.8 Å². The number of fused-ring (bicyclic) bond motifs is 1. The van der Waals surface area contributed by atoms with E-state index in [0.717, 1.165) is 21.5 Å². The molecule has 1 heterocycles. The van der Waals surface area contributed by atoms with E-state index in [0.29, 0.717) is 5.75 Å². The van der Waals surface area contributed by atoms with Crippen LogP contribution in [0.4, 0.5) is 0 Å². The van der Waals surface area contributed by atoms with Gasteiger partial charge in [0.2, 0.25) is 5.91 Å². The molecule has 0 saturated carbocycles. The number of hydrogen-bond acceptors (Lipinski definition) is 5. The third kappa shape index (κ3) is 4.52. The van der Waals surface area contributed by atoms with Gasteiger partial charge in [-0.2, -0.15) is 0 Å². The number of carboxylic acid groups (broad SMARTS) is 1. The van der Waals surface area contributed by atoms with Crippen LogP contribution < -0.4 is 10.1 Å². The van der Waals surface area contributed by atoms with Gasteiger partial charge in [0.1, 0.15) is 17.7 Å². The van der Waals surface area contributed by atoms with Crippen molar-refractivity contribution in [3.8, 4) is 5.75 Å². The summed E-state index contributed by atoms with van der Waals surface area (Å²) in [5, 5.41) is 12.5. The van der Waals surface area contributed by atoms with E-state index in [1.54, 1.807) is 7.11 Å². The van der Waals surface area contributed by atoms with Gasteiger partial charge in [0.25, 0.3) is 0 Å². The average molecular weight is 369 g/mol. The van der Waals surface area contributed by atoms with E-state index in [4.69, 9.17) is 16.3 Å². The lowest BCUT2D eigenvalue weighted by atomic mass is 10.2. The number of halogens is 1. The van der Waals surface area contributed by atoms with Gasteiger partial charge in [-0.3, -0.25) is 9.78 Å². The van der Waals surface area contributed by atoms with Crippen molar-refractivity contribution < 1.29 is 19.4 Å². The highest BCUT2D eigenvalue weighted by molar-refractivity contribution is 7.99. The Bertz CT molecular complexity index is 769. The first-order valence-corrected chi connectivity index (χ1v) is 8.63. The predicted octanol–water partition coefficient (Wildman–Crippen LogP) is 2.45. The molecule has 0 spiro atoms. The number of methoxy groups -OCH3 is 1. The first kappa shape index (κ1) is 18.4. The smallest absolute Gasteiger partial charge is 0.327 e. The minimum Gasteiger partial charge on any atom is -0.497 e. The fraction of sp³-hybridized carbons (Fsp3) is 0.312. The van der Waals surface area contributed by atoms with Crippen LogP contribution in [0.25, 0.3) is 10.9 Å². The Morgan fingerprint density at radius 1 is 1.42 bits per heavy atom. The number of aromatic nitrogens is 1. The van der Waals surface area contributed by atoms with Crippen LogP contribution in [0.1, 0.15) is 5.69 Å². The van der Waals surface area contributed by atoms with Crippen molar-refractivity contribution in [2.24, 2.45) is 0 Å². The molecule has 0 bridgehead atoms. The van der Waals surface area contributed by atoms with Crippen LogP contribution in [0, 0.1) is 6.92 Å². The molecule has 0 aliphatic heterocycles. The molecule has 1 atom stereocenters. The summed E-state index contributed by atoms with van der Waals surface area (Å²) >= 11 is 6.75. The summed E-state index contributed by atoms with van der Waals surface area (Å²) < 4.78 is 5.24. The molecule has 0 aliphatic rings. The normalized spacial score (nSPS) is 12.0. The Morgan fingerprint density at radius 2 is 2.17 bits per heavy atom. The van der Waals surface area contributed by atoms with Gasteiger partial charge in [-0.05, 0) is 31.2 Å². The minimum absolute atomic E-state index is 0.174. The Morgan fingerprint density at radius 3 is 2.79 bits per heavy atom. The number of aliphatic carboxylic acids is 1. The van der Waals surface area contributed by atoms with Gasteiger partial charge in [-0.25, -0.2) is 4.79 Å². The van der Waals surface area contributed by atoms with Crippen molar-refractivity contribution in [3.63, 3.8) is 0 Å². The molecule has 128 valence electrons. The van der Waals surface area contributed by atoms with E-state index in [1.807, 2.05) is 31.2 Å². The molecular weight excluding hydrogens is 352 g/mol. The molecule has 24 heavy (non-hydrogen) atoms. The monoisotopic (exact) mass is 368 g/mol. The second-order valence-corrected chi connectivity index (χ2v) is 6.38. The van der Waals surface area contributed by atoms with E-state index in [1.165, 1.54) is 11.8 Å². The molecule has 0 saturated heterocycles. The number of ether oxygens (including phenoxy) is 1. The van der Waals surface area contributed by atoms with Crippen molar-refractivity contribution in [1.82, 2.24) is 10.3 Å². The number of hydrogen-bond donors (Lipinski definition) is 2. The fourth-order valence-corrected chi connectivity index (χ4v) is 3.35. The maximum Gasteiger partial charge on any atom is 0.327 e. The number of carbonyl (C=O) groups excluding carboxylic acids is 1. The summed E-state index contributed by atoms with van der Waals surface area (Å²) in [5.41, 5.74) is 1.63. The number of benzene rings is 1. The van der Waals surface area contributed by atoms with Crippen LogP contribution in [0.2, 0.25) is 0 Å². The lowest BCUT2D eigenvalue weighted by Gasteiger charge is -2.14. The lowest BCUT2D eigenvalue weighted by molar-refractivity contribution is -0.140. The summed E-state index contributed by atoms with van der Waals surface area (Å²) in [7, 11) is 1.58. The molecule has 1 unspecified atom stereocenters. The van der Waals surface area contributed by atoms with Crippen molar-refractivity contribution in [2.45, 2.75) is 17.9 Å². The molecule has 0 radical (unpaired) electrons. The minimum atomic E-state index is -1.10. The molecule has 1 aromatic carbocycles. The van der Waals surface area contributed by atoms with Crippen LogP contribution in [0.5, 0.6) is 5.75 Å². The van der Waals surface area contributed by atoms with Gasteiger partial charge in [-0.1, -0.05) is 0 Å². The quantitative estimate of drug-likeness (QED) is 0.576. The van der Waals surface area contributed by atoms with Crippen molar-refractivity contribution in [2.75, 3.05) is 18.7 Å². The number of thioether (sulfide) groups is 1. The molecule has 2 rings (SSSR count). The Labute approximate surface area is 148 Å². The van der Waals surface area contributed by atoms with E-state index < -0.39 is 17.9 Å². The zero-order valence-electron chi connectivity index (χ0n) is 13.2. The Kier molecular flexibility index (Phi) is 6.28. The third-order valence-electron chi connectivity index (χ3n) is 3.27. The summed E-state index contributed by atoms with van der Waals surface area (Å²) in [4.78, 5) is 28.0. The number of alkyl halides is 1. The second kappa shape index (κ2) is 8.21. The molecule has 0 aliphatic carbocycles. The van der Waals surface area contributed by atoms with Gasteiger partial charge in [-0.15, -0.1) is 23.4 Å². The number of nitrogens with one attached hydrogen (secondary N) is 1. The van der Waals surface area contributed by atoms with Crippen LogP contribution in [-0.2, 0) is 9.59 Å². The summed E-state index contributed by atoms with van der Waals surface area (Å²) in [6, 6.07) is 6.40. The number of carboxylic acids is 1. The standard InChI is InChI=1S/C16H17ClN2O4S/c1-9-5-14(11-6-10(23-2)3-4-12(11)18-9)24-8-13(16(21)22)19-15(20)7-17/h3-6,13H,7-8H2,1-2H3,(H,19,20)(H,21,22). The molecule has 1 amide bonds.